The highest BCUT2D eigenvalue weighted by Crippen LogP contribution is 2.50. The van der Waals surface area contributed by atoms with Crippen LogP contribution in [0.3, 0.4) is 0 Å². The van der Waals surface area contributed by atoms with Crippen LogP contribution in [0.25, 0.3) is 0 Å². The molecule has 21 heteroatoms. The molecule has 0 spiro atoms. The molecule has 10 N–H and O–H groups in total. The molecule has 1 aliphatic heterocycles. The van der Waals surface area contributed by atoms with Gasteiger partial charge in [0.1, 0.15) is 31.0 Å². The summed E-state index contributed by atoms with van der Waals surface area (Å²) < 4.78 is 52.4. The Morgan fingerprint density at radius 1 is 0.729 bits per heavy atom. The van der Waals surface area contributed by atoms with E-state index in [0.29, 0.717) is 38.5 Å². The highest BCUT2D eigenvalue weighted by molar-refractivity contribution is 7.47. The molecule has 2 aliphatic rings. The predicted octanol–water partition coefficient (Wildman–Crippen LogP) is 7.12. The van der Waals surface area contributed by atoms with E-state index in [1.54, 1.807) is 0 Å². The third-order valence-corrected chi connectivity index (χ3v) is 14.9. The summed E-state index contributed by atoms with van der Waals surface area (Å²) >= 11 is 0. The van der Waals surface area contributed by atoms with Crippen molar-refractivity contribution in [3.8, 4) is 0 Å². The van der Waals surface area contributed by atoms with Crippen LogP contribution in [-0.2, 0) is 41.8 Å². The second-order valence-corrected chi connectivity index (χ2v) is 22.2. The number of phosphoric acid groups is 2. The summed E-state index contributed by atoms with van der Waals surface area (Å²) in [5, 5.41) is 80.0. The van der Waals surface area contributed by atoms with E-state index in [1.807, 2.05) is 6.92 Å². The average molecular weight is 1050 g/mol. The van der Waals surface area contributed by atoms with Gasteiger partial charge in [-0.3, -0.25) is 23.2 Å². The molecule has 70 heavy (non-hydrogen) atoms. The summed E-state index contributed by atoms with van der Waals surface area (Å²) in [6.45, 7) is 2.63. The number of hydrogen-bond donors (Lipinski definition) is 10. The fourth-order valence-corrected chi connectivity index (χ4v) is 10.8. The first-order valence-electron chi connectivity index (χ1n) is 26.5. The molecule has 1 saturated carbocycles. The average Bonchev–Trinajstić information content (AvgIpc) is 3.30. The van der Waals surface area contributed by atoms with Crippen molar-refractivity contribution in [1.29, 1.82) is 0 Å². The van der Waals surface area contributed by atoms with Crippen molar-refractivity contribution >= 4 is 27.6 Å². The van der Waals surface area contributed by atoms with Crippen molar-refractivity contribution in [3.63, 3.8) is 0 Å². The number of rotatable bonds is 27. The molecule has 1 aliphatic carbocycles. The Kier molecular flexibility index (Phi) is 33.8. The molecule has 2 fully saturated rings. The van der Waals surface area contributed by atoms with Crippen molar-refractivity contribution in [1.82, 2.24) is 0 Å². The summed E-state index contributed by atoms with van der Waals surface area (Å²) in [6, 6.07) is 0. The first-order valence-corrected chi connectivity index (χ1v) is 29.5. The maximum absolute atomic E-state index is 13.8. The number of phosphoric ester groups is 2. The molecule has 2 rings (SSSR count). The minimum absolute atomic E-state index is 0.0168. The van der Waals surface area contributed by atoms with E-state index in [0.717, 1.165) is 51.0 Å². The van der Waals surface area contributed by atoms with E-state index in [4.69, 9.17) is 23.0 Å². The van der Waals surface area contributed by atoms with Crippen LogP contribution in [0.2, 0.25) is 0 Å². The van der Waals surface area contributed by atoms with Gasteiger partial charge >= 0.3 is 27.6 Å². The zero-order valence-electron chi connectivity index (χ0n) is 42.0. The van der Waals surface area contributed by atoms with E-state index >= 15 is 0 Å². The Labute approximate surface area is 416 Å². The number of unbranched alkanes of at least 4 members (excludes halogenated alkanes) is 18. The molecule has 412 valence electrons. The summed E-state index contributed by atoms with van der Waals surface area (Å²) in [7, 11) is -11.4. The van der Waals surface area contributed by atoms with Gasteiger partial charge in [-0.25, -0.2) is 9.13 Å². The summed E-state index contributed by atoms with van der Waals surface area (Å²) in [6.07, 6.45) is 4.71. The van der Waals surface area contributed by atoms with Crippen LogP contribution in [-0.4, -0.2) is 137 Å². The van der Waals surface area contributed by atoms with Crippen LogP contribution in [0, 0.1) is 11.8 Å². The summed E-state index contributed by atoms with van der Waals surface area (Å²) in [5.74, 6) is -4.36. The third kappa shape index (κ3) is 27.8. The number of esters is 2. The van der Waals surface area contributed by atoms with E-state index in [-0.39, 0.29) is 25.7 Å². The molecular formula is C49H92O19P2. The number of cyclic esters (lactones) is 1. The lowest BCUT2D eigenvalue weighted by Crippen LogP contribution is -2.56. The Morgan fingerprint density at radius 3 is 1.84 bits per heavy atom. The number of hydrogen-bond acceptors (Lipinski definition) is 16. The molecular weight excluding hydrogens is 954 g/mol. The van der Waals surface area contributed by atoms with Crippen molar-refractivity contribution < 1.29 is 92.2 Å². The molecule has 1 heterocycles. The summed E-state index contributed by atoms with van der Waals surface area (Å²) in [5.41, 5.74) is 0. The molecule has 0 amide bonds. The van der Waals surface area contributed by atoms with Crippen LogP contribution in [0.15, 0.2) is 12.2 Å². The van der Waals surface area contributed by atoms with Gasteiger partial charge < -0.3 is 59.9 Å². The normalized spacial score (nSPS) is 31.1. The monoisotopic (exact) mass is 1050 g/mol. The maximum Gasteiger partial charge on any atom is 0.472 e. The minimum Gasteiger partial charge on any atom is -0.462 e. The zero-order valence-corrected chi connectivity index (χ0v) is 43.8. The quantitative estimate of drug-likeness (QED) is 0.0169. The maximum atomic E-state index is 13.8. The highest BCUT2D eigenvalue weighted by Gasteiger charge is 2.51. The number of fused-ring (bicyclic) bond motifs is 4. The Balaban J connectivity index is 2.25. The molecule has 13 atom stereocenters. The Morgan fingerprint density at radius 2 is 1.27 bits per heavy atom. The predicted molar refractivity (Wildman–Crippen MR) is 262 cm³/mol. The molecule has 1 unspecified atom stereocenters. The molecule has 0 radical (unpaired) electrons. The van der Waals surface area contributed by atoms with Crippen LogP contribution in [0.4, 0.5) is 0 Å². The molecule has 19 nitrogen and oxygen atoms in total. The van der Waals surface area contributed by atoms with Crippen LogP contribution in [0.5, 0.6) is 0 Å². The summed E-state index contributed by atoms with van der Waals surface area (Å²) in [4.78, 5) is 56.9. The fourth-order valence-electron chi connectivity index (χ4n) is 9.23. The smallest absolute Gasteiger partial charge is 0.462 e. The number of carbonyl (C=O) groups is 2. The van der Waals surface area contributed by atoms with E-state index in [9.17, 15) is 69.1 Å². The molecule has 0 aromatic carbocycles. The lowest BCUT2D eigenvalue weighted by molar-refractivity contribution is -0.165. The van der Waals surface area contributed by atoms with Gasteiger partial charge in [0.15, 0.2) is 6.10 Å². The van der Waals surface area contributed by atoms with E-state index in [2.05, 4.69) is 6.92 Å². The Bertz CT molecular complexity index is 1520. The largest absolute Gasteiger partial charge is 0.472 e. The molecule has 0 aromatic rings. The SMILES string of the molecule is CCCCCCCCCCCCCCCCCCCC(=O)O[C@@H]1COC(=O)CCCCCC[C@@H]2[C@@H](O)[C@H](O)[C@@H](O)[C@H](OP(=O)(O)OC1)[C@H](OP(=O)(O)O)[C@H](O)[C@@H](C=C[C@@H](O)CCCCC)[C@H](O)C[C@@H]2O. The lowest BCUT2D eigenvalue weighted by Gasteiger charge is -2.39. The highest BCUT2D eigenvalue weighted by atomic mass is 31.2. The topological polar surface area (TPSA) is 317 Å². The standard InChI is InChI=1S/C49H92O19P2/c1-3-5-7-8-9-10-11-12-13-14-15-16-17-18-19-20-26-30-43(54)66-37-34-64-42(53)29-25-22-21-24-28-38-40(51)33-41(52)39(32-31-36(50)27-23-6-4-2)45(56)48(67-69(59,60)61)49(47(58)46(57)44(38)55)68-70(62,63)65-35-37/h31-32,36-41,44-52,55-58H,3-30,33-35H2,1-2H3,(H,62,63)(H2,59,60,61)/t36-,37+,38-,39-,40-,41+,44+,45+,46-,47+,48+,49-/m0/s1. The second-order valence-electron chi connectivity index (χ2n) is 19.6. The van der Waals surface area contributed by atoms with Gasteiger partial charge in [-0.15, -0.1) is 0 Å². The fraction of sp³-hybridized carbons (Fsp3) is 0.918. The Hall–Kier alpha value is -1.38. The van der Waals surface area contributed by atoms with Crippen molar-refractivity contribution in [2.45, 2.75) is 261 Å². The van der Waals surface area contributed by atoms with Gasteiger partial charge in [-0.1, -0.05) is 167 Å². The molecule has 2 bridgehead atoms. The van der Waals surface area contributed by atoms with Gasteiger partial charge in [-0.2, -0.15) is 0 Å². The van der Waals surface area contributed by atoms with E-state index in [1.165, 1.54) is 76.7 Å². The lowest BCUT2D eigenvalue weighted by atomic mass is 9.82. The second kappa shape index (κ2) is 36.5. The van der Waals surface area contributed by atoms with Crippen molar-refractivity contribution in [3.05, 3.63) is 12.2 Å². The number of aliphatic hydroxyl groups is 7. The van der Waals surface area contributed by atoms with Gasteiger partial charge in [0.2, 0.25) is 0 Å². The first-order chi connectivity index (χ1) is 33.3. The van der Waals surface area contributed by atoms with Crippen LogP contribution >= 0.6 is 15.6 Å². The van der Waals surface area contributed by atoms with Gasteiger partial charge in [0.25, 0.3) is 0 Å². The van der Waals surface area contributed by atoms with E-state index < -0.39 is 120 Å². The van der Waals surface area contributed by atoms with Crippen molar-refractivity contribution in [2.24, 2.45) is 11.8 Å². The zero-order chi connectivity index (χ0) is 52.0. The van der Waals surface area contributed by atoms with Gasteiger partial charge in [0, 0.05) is 31.1 Å². The molecule has 0 aromatic heterocycles. The van der Waals surface area contributed by atoms with Crippen LogP contribution < -0.4 is 0 Å². The van der Waals surface area contributed by atoms with Crippen molar-refractivity contribution in [2.75, 3.05) is 13.2 Å². The van der Waals surface area contributed by atoms with Gasteiger partial charge in [0.05, 0.1) is 37.1 Å². The van der Waals surface area contributed by atoms with Crippen LogP contribution in [0.1, 0.15) is 200 Å². The number of aliphatic hydroxyl groups excluding tert-OH is 7. The third-order valence-electron chi connectivity index (χ3n) is 13.4. The number of ether oxygens (including phenoxy) is 2. The molecule has 1 saturated heterocycles. The minimum atomic E-state index is -5.76. The first kappa shape index (κ1) is 64.7. The van der Waals surface area contributed by atoms with Gasteiger partial charge in [-0.05, 0) is 25.7 Å². The number of carbonyl (C=O) groups excluding carboxylic acids is 2.